The van der Waals surface area contributed by atoms with E-state index < -0.39 is 6.10 Å². The molecule has 1 heterocycles. The smallest absolute Gasteiger partial charge is 0.253 e. The molecule has 2 rings (SSSR count). The molecule has 1 aromatic carbocycles. The van der Waals surface area contributed by atoms with Crippen molar-refractivity contribution in [1.29, 1.82) is 0 Å². The average Bonchev–Trinajstić information content (AvgIpc) is 2.89. The zero-order valence-corrected chi connectivity index (χ0v) is 14.1. The summed E-state index contributed by atoms with van der Waals surface area (Å²) in [7, 11) is 1.55. The van der Waals surface area contributed by atoms with Crippen LogP contribution >= 0.6 is 11.3 Å². The first-order valence-corrected chi connectivity index (χ1v) is 8.28. The van der Waals surface area contributed by atoms with Gasteiger partial charge in [0.25, 0.3) is 5.91 Å². The predicted molar refractivity (Wildman–Crippen MR) is 89.1 cm³/mol. The maximum absolute atomic E-state index is 12.2. The third-order valence-corrected chi connectivity index (χ3v) is 4.56. The molecule has 0 bridgehead atoms. The van der Waals surface area contributed by atoms with Gasteiger partial charge >= 0.3 is 0 Å². The first-order valence-electron chi connectivity index (χ1n) is 7.46. The number of carbonyl (C=O) groups is 1. The van der Waals surface area contributed by atoms with Gasteiger partial charge in [-0.2, -0.15) is 0 Å². The van der Waals surface area contributed by atoms with Crippen LogP contribution in [0.3, 0.4) is 0 Å². The van der Waals surface area contributed by atoms with Gasteiger partial charge in [-0.05, 0) is 18.9 Å². The minimum atomic E-state index is -0.564. The van der Waals surface area contributed by atoms with Gasteiger partial charge in [0.2, 0.25) is 0 Å². The summed E-state index contributed by atoms with van der Waals surface area (Å²) in [6, 6.07) is 9.51. The van der Waals surface area contributed by atoms with Gasteiger partial charge in [0.1, 0.15) is 0 Å². The Bertz CT molecular complexity index is 610. The van der Waals surface area contributed by atoms with Gasteiger partial charge in [-0.1, -0.05) is 37.3 Å². The summed E-state index contributed by atoms with van der Waals surface area (Å²) in [6.07, 6.45) is 1.14. The van der Waals surface area contributed by atoms with Crippen molar-refractivity contribution in [2.45, 2.75) is 32.8 Å². The number of methoxy groups -OCH3 is 1. The molecule has 1 unspecified atom stereocenters. The number of aromatic nitrogens is 1. The first-order chi connectivity index (χ1) is 10.7. The van der Waals surface area contributed by atoms with E-state index in [0.717, 1.165) is 29.1 Å². The Balaban J connectivity index is 1.88. The Labute approximate surface area is 135 Å². The lowest BCUT2D eigenvalue weighted by molar-refractivity contribution is -0.131. The minimum Gasteiger partial charge on any atom is -0.367 e. The van der Waals surface area contributed by atoms with Crippen molar-refractivity contribution in [3.8, 4) is 0 Å². The Kier molecular flexibility index (Phi) is 6.10. The topological polar surface area (TPSA) is 51.2 Å². The Morgan fingerprint density at radius 2 is 2.09 bits per heavy atom. The highest BCUT2D eigenvalue weighted by Crippen LogP contribution is 2.19. The number of nitrogens with zero attached hydrogens (tertiary/aromatic N) is 1. The van der Waals surface area contributed by atoms with Gasteiger partial charge in [0.05, 0.1) is 10.7 Å². The van der Waals surface area contributed by atoms with Gasteiger partial charge in [-0.25, -0.2) is 4.98 Å². The summed E-state index contributed by atoms with van der Waals surface area (Å²) in [6.45, 7) is 4.77. The number of rotatable bonds is 7. The highest BCUT2D eigenvalue weighted by molar-refractivity contribution is 7.11. The van der Waals surface area contributed by atoms with Gasteiger partial charge < -0.3 is 10.1 Å². The van der Waals surface area contributed by atoms with Crippen LogP contribution in [0.5, 0.6) is 0 Å². The molecule has 5 heteroatoms. The number of nitrogens with one attached hydrogen (secondary N) is 1. The van der Waals surface area contributed by atoms with Crippen LogP contribution in [0.15, 0.2) is 30.3 Å². The van der Waals surface area contributed by atoms with Crippen LogP contribution in [0.1, 0.15) is 34.2 Å². The highest BCUT2D eigenvalue weighted by atomic mass is 32.1. The normalized spacial score (nSPS) is 12.1. The second kappa shape index (κ2) is 8.06. The van der Waals surface area contributed by atoms with Crippen molar-refractivity contribution >= 4 is 17.2 Å². The fraction of sp³-hybridized carbons (Fsp3) is 0.412. The molecule has 22 heavy (non-hydrogen) atoms. The molecule has 4 nitrogen and oxygen atoms in total. The van der Waals surface area contributed by atoms with Crippen LogP contribution in [-0.2, 0) is 22.4 Å². The maximum Gasteiger partial charge on any atom is 0.253 e. The van der Waals surface area contributed by atoms with E-state index in [1.54, 1.807) is 18.4 Å². The lowest BCUT2D eigenvalue weighted by atomic mass is 10.1. The van der Waals surface area contributed by atoms with Crippen LogP contribution in [0.4, 0.5) is 0 Å². The molecule has 0 aliphatic rings. The van der Waals surface area contributed by atoms with E-state index in [9.17, 15) is 4.79 Å². The number of benzene rings is 1. The largest absolute Gasteiger partial charge is 0.367 e. The van der Waals surface area contributed by atoms with E-state index in [2.05, 4.69) is 24.1 Å². The quantitative estimate of drug-likeness (QED) is 0.853. The molecular weight excluding hydrogens is 296 g/mol. The van der Waals surface area contributed by atoms with Gasteiger partial charge in [-0.3, -0.25) is 4.79 Å². The third kappa shape index (κ3) is 4.15. The molecule has 1 amide bonds. The predicted octanol–water partition coefficient (Wildman–Crippen LogP) is 3.06. The summed E-state index contributed by atoms with van der Waals surface area (Å²) < 4.78 is 5.32. The van der Waals surface area contributed by atoms with Crippen molar-refractivity contribution < 1.29 is 9.53 Å². The summed E-state index contributed by atoms with van der Waals surface area (Å²) >= 11 is 1.71. The monoisotopic (exact) mass is 318 g/mol. The molecule has 0 spiro atoms. The van der Waals surface area contributed by atoms with Crippen molar-refractivity contribution in [1.82, 2.24) is 10.3 Å². The fourth-order valence-corrected chi connectivity index (χ4v) is 3.35. The number of amides is 1. The van der Waals surface area contributed by atoms with E-state index in [1.807, 2.05) is 30.3 Å². The second-order valence-electron chi connectivity index (χ2n) is 5.03. The van der Waals surface area contributed by atoms with Crippen LogP contribution in [0.25, 0.3) is 0 Å². The number of ether oxygens (including phenoxy) is 1. The maximum atomic E-state index is 12.2. The lowest BCUT2D eigenvalue weighted by Crippen LogP contribution is -2.31. The number of hydrogen-bond donors (Lipinski definition) is 1. The van der Waals surface area contributed by atoms with E-state index in [1.165, 1.54) is 4.88 Å². The average molecular weight is 318 g/mol. The van der Waals surface area contributed by atoms with Crippen molar-refractivity contribution in [2.24, 2.45) is 0 Å². The SMILES string of the molecule is CCc1nc(CCNC(=O)C(OC)c2ccccc2)sc1C. The van der Waals surface area contributed by atoms with Crippen LogP contribution < -0.4 is 5.32 Å². The fourth-order valence-electron chi connectivity index (χ4n) is 2.33. The molecule has 0 aliphatic carbocycles. The molecule has 0 saturated carbocycles. The van der Waals surface area contributed by atoms with Crippen LogP contribution in [0, 0.1) is 6.92 Å². The van der Waals surface area contributed by atoms with Crippen molar-refractivity contribution in [3.63, 3.8) is 0 Å². The Hall–Kier alpha value is -1.72. The molecule has 0 saturated heterocycles. The third-order valence-electron chi connectivity index (χ3n) is 3.49. The first kappa shape index (κ1) is 16.6. The van der Waals surface area contributed by atoms with E-state index >= 15 is 0 Å². The Morgan fingerprint density at radius 3 is 2.68 bits per heavy atom. The number of carbonyl (C=O) groups excluding carboxylic acids is 1. The summed E-state index contributed by atoms with van der Waals surface area (Å²) in [5.74, 6) is -0.113. The zero-order chi connectivity index (χ0) is 15.9. The van der Waals surface area contributed by atoms with E-state index in [0.29, 0.717) is 6.54 Å². The summed E-state index contributed by atoms with van der Waals surface area (Å²) in [5, 5.41) is 4.00. The number of hydrogen-bond acceptors (Lipinski definition) is 4. The zero-order valence-electron chi connectivity index (χ0n) is 13.3. The second-order valence-corrected chi connectivity index (χ2v) is 6.32. The molecule has 0 fully saturated rings. The van der Waals surface area contributed by atoms with Gasteiger partial charge in [0, 0.05) is 25.0 Å². The van der Waals surface area contributed by atoms with Crippen LogP contribution in [-0.4, -0.2) is 24.5 Å². The van der Waals surface area contributed by atoms with Crippen molar-refractivity contribution in [2.75, 3.05) is 13.7 Å². The van der Waals surface area contributed by atoms with Gasteiger partial charge in [0.15, 0.2) is 6.10 Å². The minimum absolute atomic E-state index is 0.113. The number of thiazole rings is 1. The standard InChI is InChI=1S/C17H22N2O2S/c1-4-14-12(2)22-15(19-14)10-11-18-17(20)16(21-3)13-8-6-5-7-9-13/h5-9,16H,4,10-11H2,1-3H3,(H,18,20). The molecule has 1 atom stereocenters. The molecular formula is C17H22N2O2S. The molecule has 1 aromatic heterocycles. The molecule has 118 valence electrons. The molecule has 2 aromatic rings. The molecule has 1 N–H and O–H groups in total. The van der Waals surface area contributed by atoms with Gasteiger partial charge in [-0.15, -0.1) is 11.3 Å². The summed E-state index contributed by atoms with van der Waals surface area (Å²) in [5.41, 5.74) is 2.02. The van der Waals surface area contributed by atoms with Crippen LogP contribution in [0.2, 0.25) is 0 Å². The number of aryl methyl sites for hydroxylation is 2. The molecule has 0 aliphatic heterocycles. The molecule has 0 radical (unpaired) electrons. The van der Waals surface area contributed by atoms with E-state index in [-0.39, 0.29) is 5.91 Å². The van der Waals surface area contributed by atoms with E-state index in [4.69, 9.17) is 4.74 Å². The Morgan fingerprint density at radius 1 is 1.36 bits per heavy atom. The lowest BCUT2D eigenvalue weighted by Gasteiger charge is -2.15. The van der Waals surface area contributed by atoms with Crippen molar-refractivity contribution in [3.05, 3.63) is 51.5 Å². The summed E-state index contributed by atoms with van der Waals surface area (Å²) in [4.78, 5) is 18.1. The highest BCUT2D eigenvalue weighted by Gasteiger charge is 2.19.